The fraction of sp³-hybridized carbons (Fsp3) is 0.353. The molecule has 1 aliphatic rings. The summed E-state index contributed by atoms with van der Waals surface area (Å²) in [5.74, 6) is -0.00846. The first kappa shape index (κ1) is 19.3. The van der Waals surface area contributed by atoms with E-state index in [1.54, 1.807) is 4.90 Å². The summed E-state index contributed by atoms with van der Waals surface area (Å²) < 4.78 is 44.9. The molecule has 144 valence electrons. The largest absolute Gasteiger partial charge is 0.433 e. The van der Waals surface area contributed by atoms with Gasteiger partial charge in [-0.3, -0.25) is 0 Å². The van der Waals surface area contributed by atoms with Gasteiger partial charge in [0.15, 0.2) is 10.8 Å². The number of alkyl halides is 3. The van der Waals surface area contributed by atoms with Crippen molar-refractivity contribution in [1.29, 1.82) is 0 Å². The molecule has 1 fully saturated rings. The van der Waals surface area contributed by atoms with Crippen molar-refractivity contribution in [2.45, 2.75) is 12.7 Å². The molecular weight excluding hydrogens is 379 g/mol. The minimum Gasteiger partial charge on any atom is -0.378 e. The van der Waals surface area contributed by atoms with Crippen molar-refractivity contribution in [3.05, 3.63) is 47.7 Å². The van der Waals surface area contributed by atoms with Crippen LogP contribution in [0.4, 0.5) is 24.9 Å². The lowest BCUT2D eigenvalue weighted by Gasteiger charge is -2.28. The van der Waals surface area contributed by atoms with E-state index in [1.165, 1.54) is 0 Å². The zero-order valence-corrected chi connectivity index (χ0v) is 15.1. The van der Waals surface area contributed by atoms with E-state index in [-0.39, 0.29) is 16.9 Å². The van der Waals surface area contributed by atoms with Crippen LogP contribution < -0.4 is 15.5 Å². The Morgan fingerprint density at radius 1 is 1.15 bits per heavy atom. The average molecular weight is 397 g/mol. The summed E-state index contributed by atoms with van der Waals surface area (Å²) >= 11 is 5.15. The summed E-state index contributed by atoms with van der Waals surface area (Å²) in [5.41, 5.74) is -0.0343. The number of ether oxygens (including phenoxy) is 1. The molecule has 0 spiro atoms. The number of rotatable bonds is 4. The van der Waals surface area contributed by atoms with Gasteiger partial charge in [-0.05, 0) is 17.8 Å². The van der Waals surface area contributed by atoms with Gasteiger partial charge in [0.1, 0.15) is 5.82 Å². The molecule has 1 aromatic carbocycles. The van der Waals surface area contributed by atoms with E-state index in [2.05, 4.69) is 20.6 Å². The van der Waals surface area contributed by atoms with Crippen LogP contribution in [0.15, 0.2) is 36.4 Å². The molecule has 0 atom stereocenters. The number of halogens is 3. The lowest BCUT2D eigenvalue weighted by molar-refractivity contribution is -0.141. The Morgan fingerprint density at radius 2 is 1.85 bits per heavy atom. The maximum Gasteiger partial charge on any atom is 0.433 e. The van der Waals surface area contributed by atoms with E-state index < -0.39 is 11.9 Å². The minimum atomic E-state index is -4.58. The Morgan fingerprint density at radius 3 is 2.52 bits per heavy atom. The summed E-state index contributed by atoms with van der Waals surface area (Å²) in [6.45, 7) is 2.23. The number of anilines is 2. The number of benzene rings is 1. The molecule has 0 bridgehead atoms. The van der Waals surface area contributed by atoms with Gasteiger partial charge >= 0.3 is 6.18 Å². The van der Waals surface area contributed by atoms with Crippen molar-refractivity contribution in [3.8, 4) is 0 Å². The summed E-state index contributed by atoms with van der Waals surface area (Å²) in [5, 5.41) is 5.72. The van der Waals surface area contributed by atoms with Gasteiger partial charge in [-0.15, -0.1) is 0 Å². The number of nitrogens with one attached hydrogen (secondary N) is 2. The minimum absolute atomic E-state index is 0.145. The van der Waals surface area contributed by atoms with Crippen LogP contribution in [0.5, 0.6) is 0 Å². The monoisotopic (exact) mass is 397 g/mol. The highest BCUT2D eigenvalue weighted by Crippen LogP contribution is 2.30. The van der Waals surface area contributed by atoms with E-state index in [4.69, 9.17) is 17.0 Å². The maximum absolute atomic E-state index is 13.2. The van der Waals surface area contributed by atoms with Gasteiger partial charge in [-0.2, -0.15) is 18.2 Å². The van der Waals surface area contributed by atoms with Crippen LogP contribution in [0.2, 0.25) is 0 Å². The fourth-order valence-electron chi connectivity index (χ4n) is 2.51. The molecule has 1 saturated heterocycles. The lowest BCUT2D eigenvalue weighted by Crippen LogP contribution is -2.37. The van der Waals surface area contributed by atoms with Crippen LogP contribution in [0.25, 0.3) is 0 Å². The molecule has 0 radical (unpaired) electrons. The first-order valence-electron chi connectivity index (χ1n) is 8.29. The predicted octanol–water partition coefficient (Wildman–Crippen LogP) is 2.82. The van der Waals surface area contributed by atoms with Crippen molar-refractivity contribution < 1.29 is 17.9 Å². The summed E-state index contributed by atoms with van der Waals surface area (Å²) in [7, 11) is 0. The SMILES string of the molecule is FC(F)(F)c1cc(N2CCOCC2)nc(NC(=S)NCc2ccccc2)n1. The Bertz CT molecular complexity index is 782. The van der Waals surface area contributed by atoms with E-state index >= 15 is 0 Å². The van der Waals surface area contributed by atoms with Crippen molar-refractivity contribution in [3.63, 3.8) is 0 Å². The topological polar surface area (TPSA) is 62.3 Å². The maximum atomic E-state index is 13.2. The molecule has 3 rings (SSSR count). The quantitative estimate of drug-likeness (QED) is 0.770. The second-order valence-corrected chi connectivity index (χ2v) is 6.23. The van der Waals surface area contributed by atoms with Gasteiger partial charge in [-0.25, -0.2) is 4.98 Å². The standard InChI is InChI=1S/C17H18F3N5OS/c18-17(19,20)13-10-14(25-6-8-26-9-7-25)23-15(22-13)24-16(27)21-11-12-4-2-1-3-5-12/h1-5,10H,6-9,11H2,(H2,21,22,23,24,27). The van der Waals surface area contributed by atoms with E-state index in [0.29, 0.717) is 32.8 Å². The highest BCUT2D eigenvalue weighted by atomic mass is 32.1. The van der Waals surface area contributed by atoms with Gasteiger partial charge in [0.25, 0.3) is 0 Å². The highest BCUT2D eigenvalue weighted by molar-refractivity contribution is 7.80. The third-order valence-corrected chi connectivity index (χ3v) is 4.11. The van der Waals surface area contributed by atoms with Crippen LogP contribution in [0, 0.1) is 0 Å². The van der Waals surface area contributed by atoms with E-state index in [0.717, 1.165) is 11.6 Å². The Labute approximate surface area is 159 Å². The molecule has 0 amide bonds. The Kier molecular flexibility index (Phi) is 6.07. The van der Waals surface area contributed by atoms with Gasteiger partial charge in [0, 0.05) is 25.7 Å². The molecule has 2 heterocycles. The van der Waals surface area contributed by atoms with Crippen molar-refractivity contribution in [2.75, 3.05) is 36.5 Å². The summed E-state index contributed by atoms with van der Waals surface area (Å²) in [6, 6.07) is 10.4. The highest BCUT2D eigenvalue weighted by Gasteiger charge is 2.34. The molecule has 1 aliphatic heterocycles. The average Bonchev–Trinajstić information content (AvgIpc) is 2.67. The third kappa shape index (κ3) is 5.51. The molecule has 10 heteroatoms. The number of hydrogen-bond donors (Lipinski definition) is 2. The number of nitrogens with zero attached hydrogens (tertiary/aromatic N) is 3. The van der Waals surface area contributed by atoms with Crippen LogP contribution in [0.3, 0.4) is 0 Å². The molecule has 1 aromatic heterocycles. The molecule has 2 aromatic rings. The van der Waals surface area contributed by atoms with E-state index in [1.807, 2.05) is 30.3 Å². The van der Waals surface area contributed by atoms with Crippen LogP contribution in [0.1, 0.15) is 11.3 Å². The normalized spacial score (nSPS) is 14.7. The number of hydrogen-bond acceptors (Lipinski definition) is 5. The van der Waals surface area contributed by atoms with Crippen LogP contribution in [-0.2, 0) is 17.5 Å². The molecule has 0 saturated carbocycles. The Balaban J connectivity index is 1.73. The number of aromatic nitrogens is 2. The predicted molar refractivity (Wildman–Crippen MR) is 99.6 cm³/mol. The molecule has 0 aliphatic carbocycles. The van der Waals surface area contributed by atoms with Crippen molar-refractivity contribution >= 4 is 29.1 Å². The molecule has 2 N–H and O–H groups in total. The van der Waals surface area contributed by atoms with Crippen LogP contribution in [-0.4, -0.2) is 41.4 Å². The smallest absolute Gasteiger partial charge is 0.378 e. The third-order valence-electron chi connectivity index (χ3n) is 3.86. The van der Waals surface area contributed by atoms with Crippen LogP contribution >= 0.6 is 12.2 Å². The van der Waals surface area contributed by atoms with Crippen molar-refractivity contribution in [1.82, 2.24) is 15.3 Å². The zero-order chi connectivity index (χ0) is 19.3. The molecule has 0 unspecified atom stereocenters. The van der Waals surface area contributed by atoms with Crippen molar-refractivity contribution in [2.24, 2.45) is 0 Å². The summed E-state index contributed by atoms with van der Waals surface area (Å²) in [4.78, 5) is 9.48. The number of morpholine rings is 1. The van der Waals surface area contributed by atoms with E-state index in [9.17, 15) is 13.2 Å². The molecular formula is C17H18F3N5OS. The lowest BCUT2D eigenvalue weighted by atomic mass is 10.2. The Hall–Kier alpha value is -2.46. The summed E-state index contributed by atoms with van der Waals surface area (Å²) in [6.07, 6.45) is -4.58. The second-order valence-electron chi connectivity index (χ2n) is 5.83. The van der Waals surface area contributed by atoms with Gasteiger partial charge in [0.2, 0.25) is 5.95 Å². The first-order chi connectivity index (χ1) is 12.9. The van der Waals surface area contributed by atoms with Gasteiger partial charge < -0.3 is 20.3 Å². The number of thiocarbonyl (C=S) groups is 1. The zero-order valence-electron chi connectivity index (χ0n) is 14.3. The molecule has 27 heavy (non-hydrogen) atoms. The second kappa shape index (κ2) is 8.49. The first-order valence-corrected chi connectivity index (χ1v) is 8.70. The molecule has 6 nitrogen and oxygen atoms in total. The van der Waals surface area contributed by atoms with Gasteiger partial charge in [0.05, 0.1) is 13.2 Å². The van der Waals surface area contributed by atoms with Gasteiger partial charge in [-0.1, -0.05) is 30.3 Å². The fourth-order valence-corrected chi connectivity index (χ4v) is 2.68.